The van der Waals surface area contributed by atoms with Crippen LogP contribution in [-0.4, -0.2) is 48.3 Å². The van der Waals surface area contributed by atoms with E-state index in [0.717, 1.165) is 34.9 Å². The number of carbonyl (C=O) groups excluding carboxylic acids is 1. The van der Waals surface area contributed by atoms with Crippen LogP contribution in [0.4, 0.5) is 0 Å². The second kappa shape index (κ2) is 10.2. The van der Waals surface area contributed by atoms with E-state index < -0.39 is 0 Å². The van der Waals surface area contributed by atoms with E-state index in [4.69, 9.17) is 14.0 Å². The number of nitrogens with zero attached hydrogens (tertiary/aromatic N) is 3. The van der Waals surface area contributed by atoms with Gasteiger partial charge in [0.15, 0.2) is 11.5 Å². The van der Waals surface area contributed by atoms with Gasteiger partial charge in [0.1, 0.15) is 0 Å². The summed E-state index contributed by atoms with van der Waals surface area (Å²) in [5.41, 5.74) is 1.98. The highest BCUT2D eigenvalue weighted by molar-refractivity contribution is 9.10. The van der Waals surface area contributed by atoms with E-state index in [1.165, 1.54) is 0 Å². The monoisotopic (exact) mass is 499 g/mol. The number of carbonyl (C=O) groups is 1. The molecule has 1 aliphatic rings. The zero-order valence-corrected chi connectivity index (χ0v) is 19.8. The summed E-state index contributed by atoms with van der Waals surface area (Å²) in [6.07, 6.45) is 3.20. The van der Waals surface area contributed by atoms with Crippen molar-refractivity contribution in [2.24, 2.45) is 5.92 Å². The summed E-state index contributed by atoms with van der Waals surface area (Å²) in [6.45, 7) is 1.17. The van der Waals surface area contributed by atoms with E-state index in [0.29, 0.717) is 42.7 Å². The van der Waals surface area contributed by atoms with Crippen LogP contribution in [0.1, 0.15) is 24.3 Å². The van der Waals surface area contributed by atoms with Crippen LogP contribution in [0.15, 0.2) is 51.5 Å². The van der Waals surface area contributed by atoms with Crippen molar-refractivity contribution in [3.05, 3.63) is 58.4 Å². The molecule has 168 valence electrons. The normalized spacial score (nSPS) is 13.1. The molecule has 4 rings (SSSR count). The fourth-order valence-corrected chi connectivity index (χ4v) is 3.79. The molecule has 1 aliphatic carbocycles. The minimum absolute atomic E-state index is 0.154. The number of amides is 1. The van der Waals surface area contributed by atoms with Gasteiger partial charge in [0.05, 0.1) is 14.2 Å². The molecule has 0 unspecified atom stereocenters. The van der Waals surface area contributed by atoms with Crippen molar-refractivity contribution >= 4 is 21.8 Å². The maximum Gasteiger partial charge on any atom is 0.228 e. The number of aromatic nitrogens is 2. The van der Waals surface area contributed by atoms with E-state index in [-0.39, 0.29) is 11.8 Å². The maximum atomic E-state index is 12.8. The topological polar surface area (TPSA) is 77.7 Å². The van der Waals surface area contributed by atoms with Crippen LogP contribution in [-0.2, 0) is 17.6 Å². The van der Waals surface area contributed by atoms with E-state index in [9.17, 15) is 4.79 Å². The Balaban J connectivity index is 1.39. The molecular formula is C24H26BrN3O4. The van der Waals surface area contributed by atoms with Crippen molar-refractivity contribution in [1.29, 1.82) is 0 Å². The van der Waals surface area contributed by atoms with Crippen LogP contribution in [0.5, 0.6) is 11.5 Å². The van der Waals surface area contributed by atoms with Crippen molar-refractivity contribution in [2.45, 2.75) is 25.7 Å². The minimum Gasteiger partial charge on any atom is -0.493 e. The van der Waals surface area contributed by atoms with Gasteiger partial charge in [-0.15, -0.1) is 0 Å². The van der Waals surface area contributed by atoms with Gasteiger partial charge in [0.2, 0.25) is 17.6 Å². The van der Waals surface area contributed by atoms with Gasteiger partial charge in [-0.2, -0.15) is 4.98 Å². The molecule has 0 bridgehead atoms. The molecule has 1 aromatic heterocycles. The van der Waals surface area contributed by atoms with Gasteiger partial charge in [-0.05, 0) is 61.2 Å². The quantitative estimate of drug-likeness (QED) is 0.407. The van der Waals surface area contributed by atoms with Gasteiger partial charge < -0.3 is 18.9 Å². The molecule has 7 nitrogen and oxygen atoms in total. The number of hydrogen-bond acceptors (Lipinski definition) is 6. The molecular weight excluding hydrogens is 474 g/mol. The highest BCUT2D eigenvalue weighted by Gasteiger charge is 2.33. The van der Waals surface area contributed by atoms with Crippen LogP contribution in [0.3, 0.4) is 0 Å². The first-order valence-corrected chi connectivity index (χ1v) is 11.4. The van der Waals surface area contributed by atoms with Crippen molar-refractivity contribution in [3.8, 4) is 22.9 Å². The third-order valence-corrected chi connectivity index (χ3v) is 6.05. The standard InChI is InChI=1S/C24H26BrN3O4/c1-30-20-10-3-16(15-21(20)31-2)11-13-28(24(29)18-4-5-18)14-12-22-26-23(27-32-22)17-6-8-19(25)9-7-17/h3,6-10,15,18H,4-5,11-14H2,1-2H3. The molecule has 3 aromatic rings. The molecule has 8 heteroatoms. The minimum atomic E-state index is 0.154. The summed E-state index contributed by atoms with van der Waals surface area (Å²) in [5, 5.41) is 4.08. The summed E-state index contributed by atoms with van der Waals surface area (Å²) in [7, 11) is 3.24. The molecule has 2 aromatic carbocycles. The Hall–Kier alpha value is -2.87. The van der Waals surface area contributed by atoms with Crippen LogP contribution in [0.2, 0.25) is 0 Å². The molecule has 0 atom stereocenters. The number of hydrogen-bond donors (Lipinski definition) is 0. The smallest absolute Gasteiger partial charge is 0.228 e. The molecule has 0 radical (unpaired) electrons. The lowest BCUT2D eigenvalue weighted by atomic mass is 10.1. The second-order valence-electron chi connectivity index (χ2n) is 7.81. The highest BCUT2D eigenvalue weighted by Crippen LogP contribution is 2.32. The predicted molar refractivity (Wildman–Crippen MR) is 124 cm³/mol. The van der Waals surface area contributed by atoms with Gasteiger partial charge in [-0.1, -0.05) is 27.2 Å². The molecule has 0 N–H and O–H groups in total. The van der Waals surface area contributed by atoms with Crippen molar-refractivity contribution in [1.82, 2.24) is 15.0 Å². The van der Waals surface area contributed by atoms with E-state index >= 15 is 0 Å². The average Bonchev–Trinajstić information content (AvgIpc) is 3.57. The van der Waals surface area contributed by atoms with Gasteiger partial charge in [-0.3, -0.25) is 4.79 Å². The summed E-state index contributed by atoms with van der Waals surface area (Å²) < 4.78 is 17.1. The van der Waals surface area contributed by atoms with Crippen molar-refractivity contribution in [3.63, 3.8) is 0 Å². The lowest BCUT2D eigenvalue weighted by molar-refractivity contribution is -0.132. The summed E-state index contributed by atoms with van der Waals surface area (Å²) in [4.78, 5) is 19.3. The number of halogens is 1. The molecule has 32 heavy (non-hydrogen) atoms. The molecule has 1 heterocycles. The van der Waals surface area contributed by atoms with Gasteiger partial charge >= 0.3 is 0 Å². The second-order valence-corrected chi connectivity index (χ2v) is 8.72. The Bertz CT molecular complexity index is 1060. The first kappa shape index (κ1) is 22.3. The zero-order chi connectivity index (χ0) is 22.5. The Morgan fingerprint density at radius 2 is 1.78 bits per heavy atom. The fourth-order valence-electron chi connectivity index (χ4n) is 3.52. The summed E-state index contributed by atoms with van der Waals surface area (Å²) in [6, 6.07) is 13.6. The largest absolute Gasteiger partial charge is 0.493 e. The maximum absolute atomic E-state index is 12.8. The van der Waals surface area contributed by atoms with E-state index in [1.807, 2.05) is 47.4 Å². The molecule has 0 saturated heterocycles. The Morgan fingerprint density at radius 3 is 2.47 bits per heavy atom. The van der Waals surface area contributed by atoms with E-state index in [2.05, 4.69) is 26.1 Å². The molecule has 1 saturated carbocycles. The lowest BCUT2D eigenvalue weighted by Crippen LogP contribution is -2.35. The molecule has 1 fully saturated rings. The van der Waals surface area contributed by atoms with E-state index in [1.54, 1.807) is 14.2 Å². The lowest BCUT2D eigenvalue weighted by Gasteiger charge is -2.22. The van der Waals surface area contributed by atoms with Gasteiger partial charge in [0.25, 0.3) is 0 Å². The fraction of sp³-hybridized carbons (Fsp3) is 0.375. The highest BCUT2D eigenvalue weighted by atomic mass is 79.9. The number of methoxy groups -OCH3 is 2. The van der Waals surface area contributed by atoms with Gasteiger partial charge in [0, 0.05) is 35.5 Å². The molecule has 0 spiro atoms. The average molecular weight is 500 g/mol. The predicted octanol–water partition coefficient (Wildman–Crippen LogP) is 4.54. The SMILES string of the molecule is COc1ccc(CCN(CCc2nc(-c3ccc(Br)cc3)no2)C(=O)C2CC2)cc1OC. The number of rotatable bonds is 10. The van der Waals surface area contributed by atoms with Crippen LogP contribution >= 0.6 is 15.9 Å². The first-order valence-electron chi connectivity index (χ1n) is 10.7. The Labute approximate surface area is 195 Å². The zero-order valence-electron chi connectivity index (χ0n) is 18.2. The van der Waals surface area contributed by atoms with Crippen LogP contribution in [0.25, 0.3) is 11.4 Å². The summed E-state index contributed by atoms with van der Waals surface area (Å²) in [5.74, 6) is 2.83. The Kier molecular flexibility index (Phi) is 7.09. The molecule has 1 amide bonds. The van der Waals surface area contributed by atoms with Crippen molar-refractivity contribution in [2.75, 3.05) is 27.3 Å². The summed E-state index contributed by atoms with van der Waals surface area (Å²) >= 11 is 3.43. The third-order valence-electron chi connectivity index (χ3n) is 5.52. The van der Waals surface area contributed by atoms with Crippen LogP contribution in [0, 0.1) is 5.92 Å². The third kappa shape index (κ3) is 5.48. The van der Waals surface area contributed by atoms with Crippen LogP contribution < -0.4 is 9.47 Å². The van der Waals surface area contributed by atoms with Crippen molar-refractivity contribution < 1.29 is 18.8 Å². The first-order chi connectivity index (χ1) is 15.6. The number of benzene rings is 2. The Morgan fingerprint density at radius 1 is 1.06 bits per heavy atom. The molecule has 0 aliphatic heterocycles. The van der Waals surface area contributed by atoms with Gasteiger partial charge in [-0.25, -0.2) is 0 Å². The number of ether oxygens (including phenoxy) is 2.